The normalized spacial score (nSPS) is 10.6. The van der Waals surface area contributed by atoms with E-state index < -0.39 is 0 Å². The molecule has 4 heteroatoms. The molecule has 3 rings (SSSR count). The van der Waals surface area contributed by atoms with E-state index >= 15 is 0 Å². The zero-order valence-electron chi connectivity index (χ0n) is 14.3. The van der Waals surface area contributed by atoms with Crippen LogP contribution in [0.3, 0.4) is 0 Å². The van der Waals surface area contributed by atoms with Crippen molar-refractivity contribution in [1.29, 1.82) is 0 Å². The highest BCUT2D eigenvalue weighted by atomic mass is 16.5. The van der Waals surface area contributed by atoms with Crippen molar-refractivity contribution < 1.29 is 9.53 Å². The molecule has 0 unspecified atom stereocenters. The highest BCUT2D eigenvalue weighted by molar-refractivity contribution is 5.94. The second-order valence-corrected chi connectivity index (χ2v) is 5.64. The summed E-state index contributed by atoms with van der Waals surface area (Å²) in [6.07, 6.45) is 1.78. The first-order valence-corrected chi connectivity index (χ1v) is 8.47. The molecule has 130 valence electrons. The van der Waals surface area contributed by atoms with Gasteiger partial charge in [0, 0.05) is 18.3 Å². The van der Waals surface area contributed by atoms with Crippen molar-refractivity contribution in [3.8, 4) is 11.5 Å². The Morgan fingerprint density at radius 1 is 0.885 bits per heavy atom. The molecule has 1 amide bonds. The summed E-state index contributed by atoms with van der Waals surface area (Å²) >= 11 is 0. The molecular weight excluding hydrogens is 324 g/mol. The number of ether oxygens (including phenoxy) is 1. The van der Waals surface area contributed by atoms with Gasteiger partial charge < -0.3 is 10.1 Å². The Morgan fingerprint density at radius 3 is 2.35 bits per heavy atom. The predicted molar refractivity (Wildman–Crippen MR) is 104 cm³/mol. The number of carbonyl (C=O) groups excluding carboxylic acids is 1. The number of aliphatic imine (C=N–C) groups is 1. The molecular formula is C22H20N2O2. The van der Waals surface area contributed by atoms with Crippen LogP contribution in [0.15, 0.2) is 89.9 Å². The Labute approximate surface area is 153 Å². The number of carbonyl (C=O) groups is 1. The van der Waals surface area contributed by atoms with Gasteiger partial charge in [0.25, 0.3) is 5.91 Å². The lowest BCUT2D eigenvalue weighted by atomic mass is 10.2. The molecule has 3 aromatic rings. The quantitative estimate of drug-likeness (QED) is 0.512. The summed E-state index contributed by atoms with van der Waals surface area (Å²) in [6.45, 7) is 1.01. The molecule has 0 radical (unpaired) electrons. The summed E-state index contributed by atoms with van der Waals surface area (Å²) in [5, 5.41) is 2.85. The van der Waals surface area contributed by atoms with Crippen molar-refractivity contribution in [2.45, 2.75) is 0 Å². The van der Waals surface area contributed by atoms with E-state index in [1.165, 1.54) is 0 Å². The predicted octanol–water partition coefficient (Wildman–Crippen LogP) is 4.33. The van der Waals surface area contributed by atoms with E-state index in [0.717, 1.165) is 17.1 Å². The largest absolute Gasteiger partial charge is 0.457 e. The molecule has 0 aromatic heterocycles. The first-order valence-electron chi connectivity index (χ1n) is 8.47. The van der Waals surface area contributed by atoms with Crippen LogP contribution in [0.2, 0.25) is 0 Å². The van der Waals surface area contributed by atoms with Crippen LogP contribution in [0.1, 0.15) is 15.9 Å². The lowest BCUT2D eigenvalue weighted by molar-refractivity contribution is 0.0955. The van der Waals surface area contributed by atoms with E-state index in [1.807, 2.05) is 72.8 Å². The van der Waals surface area contributed by atoms with Gasteiger partial charge in [0.15, 0.2) is 0 Å². The third-order valence-corrected chi connectivity index (χ3v) is 3.64. The summed E-state index contributed by atoms with van der Waals surface area (Å²) in [6, 6.07) is 26.5. The Morgan fingerprint density at radius 2 is 1.58 bits per heavy atom. The van der Waals surface area contributed by atoms with Crippen molar-refractivity contribution in [3.63, 3.8) is 0 Å². The van der Waals surface area contributed by atoms with E-state index in [1.54, 1.807) is 18.3 Å². The molecule has 0 saturated heterocycles. The summed E-state index contributed by atoms with van der Waals surface area (Å²) in [5.74, 6) is 1.47. The summed E-state index contributed by atoms with van der Waals surface area (Å²) in [4.78, 5) is 16.3. The molecule has 0 bridgehead atoms. The van der Waals surface area contributed by atoms with Gasteiger partial charge in [-0.1, -0.05) is 48.5 Å². The molecule has 1 N–H and O–H groups in total. The van der Waals surface area contributed by atoms with Gasteiger partial charge in [0.05, 0.1) is 6.54 Å². The first-order chi connectivity index (χ1) is 12.8. The minimum Gasteiger partial charge on any atom is -0.457 e. The van der Waals surface area contributed by atoms with Gasteiger partial charge in [-0.25, -0.2) is 0 Å². The highest BCUT2D eigenvalue weighted by Crippen LogP contribution is 2.21. The second-order valence-electron chi connectivity index (χ2n) is 5.64. The maximum Gasteiger partial charge on any atom is 0.251 e. The number of benzene rings is 3. The number of nitrogens with one attached hydrogen (secondary N) is 1. The molecule has 0 spiro atoms. The average Bonchev–Trinajstić information content (AvgIpc) is 2.69. The Bertz CT molecular complexity index is 862. The molecule has 0 aliphatic heterocycles. The van der Waals surface area contributed by atoms with Crippen molar-refractivity contribution in [3.05, 3.63) is 96.1 Å². The molecule has 0 aliphatic rings. The van der Waals surface area contributed by atoms with Crippen LogP contribution in [0.5, 0.6) is 11.5 Å². The number of hydrogen-bond donors (Lipinski definition) is 1. The van der Waals surface area contributed by atoms with Gasteiger partial charge >= 0.3 is 0 Å². The van der Waals surface area contributed by atoms with E-state index in [-0.39, 0.29) is 5.91 Å². The number of rotatable bonds is 7. The van der Waals surface area contributed by atoms with Crippen molar-refractivity contribution in [1.82, 2.24) is 5.32 Å². The molecule has 0 fully saturated rings. The summed E-state index contributed by atoms with van der Waals surface area (Å²) in [7, 11) is 0. The zero-order valence-corrected chi connectivity index (χ0v) is 14.3. The average molecular weight is 344 g/mol. The molecule has 0 aliphatic carbocycles. The van der Waals surface area contributed by atoms with E-state index in [9.17, 15) is 4.79 Å². The maximum atomic E-state index is 11.9. The van der Waals surface area contributed by atoms with Crippen LogP contribution in [0.4, 0.5) is 0 Å². The van der Waals surface area contributed by atoms with Crippen molar-refractivity contribution in [2.24, 2.45) is 4.99 Å². The fourth-order valence-corrected chi connectivity index (χ4v) is 2.38. The SMILES string of the molecule is O=C(NCCN=Cc1cccc(Oc2ccccc2)c1)c1ccccc1. The fourth-order valence-electron chi connectivity index (χ4n) is 2.38. The lowest BCUT2D eigenvalue weighted by Crippen LogP contribution is -2.25. The van der Waals surface area contributed by atoms with Gasteiger partial charge in [0.1, 0.15) is 11.5 Å². The summed E-state index contributed by atoms with van der Waals surface area (Å²) in [5.41, 5.74) is 1.61. The molecule has 4 nitrogen and oxygen atoms in total. The molecule has 0 saturated carbocycles. The second kappa shape index (κ2) is 9.18. The van der Waals surface area contributed by atoms with Crippen LogP contribution < -0.4 is 10.1 Å². The lowest BCUT2D eigenvalue weighted by Gasteiger charge is -2.06. The van der Waals surface area contributed by atoms with E-state index in [0.29, 0.717) is 18.7 Å². The molecule has 0 heterocycles. The van der Waals surface area contributed by atoms with Crippen LogP contribution in [0, 0.1) is 0 Å². The van der Waals surface area contributed by atoms with Gasteiger partial charge in [-0.2, -0.15) is 0 Å². The van der Waals surface area contributed by atoms with E-state index in [2.05, 4.69) is 10.3 Å². The Balaban J connectivity index is 1.48. The zero-order chi connectivity index (χ0) is 18.0. The maximum absolute atomic E-state index is 11.9. The molecule has 26 heavy (non-hydrogen) atoms. The number of nitrogens with zero attached hydrogens (tertiary/aromatic N) is 1. The third kappa shape index (κ3) is 5.31. The Kier molecular flexibility index (Phi) is 6.15. The monoisotopic (exact) mass is 344 g/mol. The standard InChI is InChI=1S/C22H20N2O2/c25-22(19-9-3-1-4-10-19)24-15-14-23-17-18-8-7-13-21(16-18)26-20-11-5-2-6-12-20/h1-13,16-17H,14-15H2,(H,24,25). The van der Waals surface area contributed by atoms with Gasteiger partial charge in [-0.05, 0) is 42.0 Å². The van der Waals surface area contributed by atoms with Crippen LogP contribution in [-0.2, 0) is 0 Å². The number of amides is 1. The fraction of sp³-hybridized carbons (Fsp3) is 0.0909. The topological polar surface area (TPSA) is 50.7 Å². The number of hydrogen-bond acceptors (Lipinski definition) is 3. The Hall–Kier alpha value is -3.40. The number of para-hydroxylation sites is 1. The van der Waals surface area contributed by atoms with E-state index in [4.69, 9.17) is 4.74 Å². The van der Waals surface area contributed by atoms with Crippen LogP contribution >= 0.6 is 0 Å². The van der Waals surface area contributed by atoms with Gasteiger partial charge in [-0.3, -0.25) is 9.79 Å². The van der Waals surface area contributed by atoms with Crippen molar-refractivity contribution >= 4 is 12.1 Å². The van der Waals surface area contributed by atoms with Gasteiger partial charge in [-0.15, -0.1) is 0 Å². The third-order valence-electron chi connectivity index (χ3n) is 3.64. The molecule has 0 atom stereocenters. The summed E-state index contributed by atoms with van der Waals surface area (Å²) < 4.78 is 5.81. The van der Waals surface area contributed by atoms with Gasteiger partial charge in [0.2, 0.25) is 0 Å². The van der Waals surface area contributed by atoms with Crippen LogP contribution in [0.25, 0.3) is 0 Å². The minimum absolute atomic E-state index is 0.0842. The first kappa shape index (κ1) is 17.4. The minimum atomic E-state index is -0.0842. The molecule has 3 aromatic carbocycles. The smallest absolute Gasteiger partial charge is 0.251 e. The van der Waals surface area contributed by atoms with Crippen LogP contribution in [-0.4, -0.2) is 25.2 Å². The highest BCUT2D eigenvalue weighted by Gasteiger charge is 2.02. The van der Waals surface area contributed by atoms with Crippen molar-refractivity contribution in [2.75, 3.05) is 13.1 Å².